The van der Waals surface area contributed by atoms with Gasteiger partial charge in [0.15, 0.2) is 11.6 Å². The number of allylic oxidation sites excluding steroid dienone is 1. The lowest BCUT2D eigenvalue weighted by Crippen LogP contribution is -2.17. The van der Waals surface area contributed by atoms with Gasteiger partial charge in [-0.2, -0.15) is 0 Å². The molecule has 0 fully saturated rings. The summed E-state index contributed by atoms with van der Waals surface area (Å²) >= 11 is 0. The predicted octanol–water partition coefficient (Wildman–Crippen LogP) is 4.81. The van der Waals surface area contributed by atoms with Crippen molar-refractivity contribution in [2.45, 2.75) is 46.0 Å². The number of Topliss-reactive ketones (excluding diaryl/α,β-unsaturated/α-hetero) is 2. The number of aromatic hydroxyl groups is 1. The van der Waals surface area contributed by atoms with Gasteiger partial charge in [-0.25, -0.2) is 0 Å². The Balaban J connectivity index is 2.40. The molecule has 0 bridgehead atoms. The average molecular weight is 424 g/mol. The van der Waals surface area contributed by atoms with Gasteiger partial charge >= 0.3 is 5.97 Å². The molecule has 6 nitrogen and oxygen atoms in total. The van der Waals surface area contributed by atoms with E-state index in [1.165, 1.54) is 39.2 Å². The van der Waals surface area contributed by atoms with Crippen molar-refractivity contribution in [2.24, 2.45) is 0 Å². The minimum Gasteiger partial charge on any atom is -0.507 e. The van der Waals surface area contributed by atoms with Crippen LogP contribution in [-0.4, -0.2) is 29.8 Å². The van der Waals surface area contributed by atoms with Crippen molar-refractivity contribution in [3.8, 4) is 17.2 Å². The minimum atomic E-state index is -0.496. The van der Waals surface area contributed by atoms with Crippen LogP contribution in [0.1, 0.15) is 66.0 Å². The molecule has 0 heterocycles. The monoisotopic (exact) mass is 424 g/mol. The maximum atomic E-state index is 12.8. The molecule has 0 spiro atoms. The molecule has 0 aliphatic heterocycles. The number of carbonyl (C=O) groups is 3. The summed E-state index contributed by atoms with van der Waals surface area (Å²) in [6.45, 7) is 10.5. The van der Waals surface area contributed by atoms with Crippen LogP contribution in [0.3, 0.4) is 0 Å². The molecule has 31 heavy (non-hydrogen) atoms. The number of benzene rings is 2. The second-order valence-corrected chi connectivity index (χ2v) is 7.89. The standard InChI is InChI=1S/C25H28O6/c1-7-25(4,5)20-13-18(23(30-6)14-24(20)31-16(3)27)9-11-22(29)19-12-17(15(2)26)8-10-21(19)28/h7-8,10,12-14,28H,1,9,11H2,2-6H3. The molecule has 0 radical (unpaired) electrons. The lowest BCUT2D eigenvalue weighted by molar-refractivity contribution is -0.131. The van der Waals surface area contributed by atoms with Crippen molar-refractivity contribution in [1.82, 2.24) is 0 Å². The van der Waals surface area contributed by atoms with E-state index in [2.05, 4.69) is 6.58 Å². The van der Waals surface area contributed by atoms with Crippen LogP contribution in [0.2, 0.25) is 0 Å². The van der Waals surface area contributed by atoms with E-state index < -0.39 is 11.4 Å². The molecule has 164 valence electrons. The van der Waals surface area contributed by atoms with E-state index in [1.54, 1.807) is 12.1 Å². The summed E-state index contributed by atoms with van der Waals surface area (Å²) in [5.41, 5.74) is 1.46. The fraction of sp³-hybridized carbons (Fsp3) is 0.320. The van der Waals surface area contributed by atoms with Gasteiger partial charge in [-0.05, 0) is 43.2 Å². The summed E-state index contributed by atoms with van der Waals surface area (Å²) in [7, 11) is 1.50. The summed E-state index contributed by atoms with van der Waals surface area (Å²) in [4.78, 5) is 35.9. The first kappa shape index (κ1) is 23.9. The quantitative estimate of drug-likeness (QED) is 0.269. The Morgan fingerprint density at radius 2 is 1.77 bits per heavy atom. The smallest absolute Gasteiger partial charge is 0.308 e. The van der Waals surface area contributed by atoms with Crippen LogP contribution in [0.4, 0.5) is 0 Å². The number of carbonyl (C=O) groups excluding carboxylic acids is 3. The minimum absolute atomic E-state index is 0.0894. The number of esters is 1. The van der Waals surface area contributed by atoms with Crippen LogP contribution in [0.5, 0.6) is 17.2 Å². The van der Waals surface area contributed by atoms with Gasteiger partial charge in [-0.1, -0.05) is 19.9 Å². The largest absolute Gasteiger partial charge is 0.507 e. The molecule has 2 aromatic carbocycles. The number of methoxy groups -OCH3 is 1. The Hall–Kier alpha value is -3.41. The summed E-state index contributed by atoms with van der Waals surface area (Å²) in [5, 5.41) is 10.1. The molecule has 2 rings (SSSR count). The Morgan fingerprint density at radius 1 is 1.10 bits per heavy atom. The van der Waals surface area contributed by atoms with Gasteiger partial charge in [0.2, 0.25) is 0 Å². The van der Waals surface area contributed by atoms with E-state index in [9.17, 15) is 19.5 Å². The van der Waals surface area contributed by atoms with Crippen LogP contribution in [0.15, 0.2) is 43.0 Å². The van der Waals surface area contributed by atoms with Crippen molar-refractivity contribution < 1.29 is 29.0 Å². The number of ether oxygens (including phenoxy) is 2. The summed E-state index contributed by atoms with van der Waals surface area (Å²) < 4.78 is 10.8. The predicted molar refractivity (Wildman–Crippen MR) is 118 cm³/mol. The maximum absolute atomic E-state index is 12.8. The second-order valence-electron chi connectivity index (χ2n) is 7.89. The third-order valence-corrected chi connectivity index (χ3v) is 5.17. The summed E-state index contributed by atoms with van der Waals surface area (Å²) in [6.07, 6.45) is 2.17. The zero-order valence-corrected chi connectivity index (χ0v) is 18.6. The van der Waals surface area contributed by atoms with Crippen LogP contribution in [0, 0.1) is 0 Å². The molecule has 0 saturated carbocycles. The topological polar surface area (TPSA) is 89.9 Å². The van der Waals surface area contributed by atoms with Crippen LogP contribution < -0.4 is 9.47 Å². The Kier molecular flexibility index (Phi) is 7.39. The van der Waals surface area contributed by atoms with Crippen LogP contribution >= 0.6 is 0 Å². The lowest BCUT2D eigenvalue weighted by atomic mass is 9.82. The molecule has 0 saturated heterocycles. The van der Waals surface area contributed by atoms with E-state index in [0.29, 0.717) is 23.5 Å². The normalized spacial score (nSPS) is 11.0. The molecule has 0 unspecified atom stereocenters. The number of hydrogen-bond donors (Lipinski definition) is 1. The molecule has 6 heteroatoms. The van der Waals surface area contributed by atoms with Gasteiger partial charge in [0.25, 0.3) is 0 Å². The van der Waals surface area contributed by atoms with Gasteiger partial charge in [0, 0.05) is 36.0 Å². The number of aryl methyl sites for hydroxylation is 1. The highest BCUT2D eigenvalue weighted by Crippen LogP contribution is 2.38. The van der Waals surface area contributed by atoms with E-state index in [-0.39, 0.29) is 29.3 Å². The third-order valence-electron chi connectivity index (χ3n) is 5.17. The van der Waals surface area contributed by atoms with E-state index in [4.69, 9.17) is 9.47 Å². The van der Waals surface area contributed by atoms with Gasteiger partial charge in [0.1, 0.15) is 17.2 Å². The van der Waals surface area contributed by atoms with E-state index in [1.807, 2.05) is 19.9 Å². The molecule has 0 amide bonds. The van der Waals surface area contributed by atoms with Gasteiger partial charge < -0.3 is 14.6 Å². The highest BCUT2D eigenvalue weighted by Gasteiger charge is 2.25. The summed E-state index contributed by atoms with van der Waals surface area (Å²) in [6, 6.07) is 7.72. The van der Waals surface area contributed by atoms with Crippen molar-refractivity contribution in [3.05, 3.63) is 65.2 Å². The molecule has 0 aliphatic rings. The zero-order chi connectivity index (χ0) is 23.3. The average Bonchev–Trinajstić information content (AvgIpc) is 2.71. The number of rotatable bonds is 9. The summed E-state index contributed by atoms with van der Waals surface area (Å²) in [5.74, 6) is -0.248. The fourth-order valence-corrected chi connectivity index (χ4v) is 3.21. The van der Waals surface area contributed by atoms with Crippen molar-refractivity contribution in [3.63, 3.8) is 0 Å². The van der Waals surface area contributed by atoms with Crippen molar-refractivity contribution >= 4 is 17.5 Å². The van der Waals surface area contributed by atoms with Crippen molar-refractivity contribution in [1.29, 1.82) is 0 Å². The third kappa shape index (κ3) is 5.60. The Bertz CT molecular complexity index is 1030. The SMILES string of the molecule is C=CC(C)(C)c1cc(CCC(=O)c2cc(C(C)=O)ccc2O)c(OC)cc1OC(C)=O. The molecular formula is C25H28O6. The Labute approximate surface area is 182 Å². The maximum Gasteiger partial charge on any atom is 0.308 e. The van der Waals surface area contributed by atoms with Gasteiger partial charge in [-0.3, -0.25) is 14.4 Å². The van der Waals surface area contributed by atoms with Crippen LogP contribution in [0.25, 0.3) is 0 Å². The zero-order valence-electron chi connectivity index (χ0n) is 18.6. The molecule has 0 atom stereocenters. The van der Waals surface area contributed by atoms with Gasteiger partial charge in [0.05, 0.1) is 12.7 Å². The lowest BCUT2D eigenvalue weighted by Gasteiger charge is -2.25. The molecule has 1 N–H and O–H groups in total. The first-order chi connectivity index (χ1) is 14.5. The molecule has 0 aromatic heterocycles. The van der Waals surface area contributed by atoms with Gasteiger partial charge in [-0.15, -0.1) is 6.58 Å². The number of ketones is 2. The van der Waals surface area contributed by atoms with Crippen LogP contribution in [-0.2, 0) is 16.6 Å². The highest BCUT2D eigenvalue weighted by molar-refractivity contribution is 6.02. The number of phenolic OH excluding ortho intramolecular Hbond substituents is 1. The first-order valence-corrected chi connectivity index (χ1v) is 9.90. The number of hydrogen-bond acceptors (Lipinski definition) is 6. The van der Waals surface area contributed by atoms with Crippen molar-refractivity contribution in [2.75, 3.05) is 7.11 Å². The first-order valence-electron chi connectivity index (χ1n) is 9.90. The molecule has 0 aliphatic carbocycles. The fourth-order valence-electron chi connectivity index (χ4n) is 3.21. The highest BCUT2D eigenvalue weighted by atomic mass is 16.5. The second kappa shape index (κ2) is 9.60. The van der Waals surface area contributed by atoms with E-state index >= 15 is 0 Å². The molecular weight excluding hydrogens is 396 g/mol. The molecule has 2 aromatic rings. The van der Waals surface area contributed by atoms with E-state index in [0.717, 1.165) is 11.1 Å². The Morgan fingerprint density at radius 3 is 2.32 bits per heavy atom. The number of phenols is 1.